The average molecular weight is 316 g/mol. The third-order valence-electron chi connectivity index (χ3n) is 4.06. The Kier molecular flexibility index (Phi) is 3.51. The molecule has 0 radical (unpaired) electrons. The Morgan fingerprint density at radius 1 is 1.23 bits per heavy atom. The molecular weight excluding hydrogens is 302 g/mol. The van der Waals surface area contributed by atoms with Crippen molar-refractivity contribution in [3.8, 4) is 0 Å². The summed E-state index contributed by atoms with van der Waals surface area (Å²) in [6.07, 6.45) is 0. The van der Waals surface area contributed by atoms with Crippen molar-refractivity contribution in [1.29, 1.82) is 0 Å². The van der Waals surface area contributed by atoms with Gasteiger partial charge in [-0.05, 0) is 18.2 Å². The average Bonchev–Trinajstić information content (AvgIpc) is 2.79. The van der Waals surface area contributed by atoms with E-state index in [-0.39, 0.29) is 5.78 Å². The molecule has 0 aromatic heterocycles. The zero-order valence-electron chi connectivity index (χ0n) is 11.8. The summed E-state index contributed by atoms with van der Waals surface area (Å²) in [7, 11) is 0. The summed E-state index contributed by atoms with van der Waals surface area (Å²) < 4.78 is 0. The summed E-state index contributed by atoms with van der Waals surface area (Å²) in [5.74, 6) is -1.85. The summed E-state index contributed by atoms with van der Waals surface area (Å²) in [4.78, 5) is 24.9. The second-order valence-corrected chi connectivity index (χ2v) is 5.80. The Morgan fingerprint density at radius 3 is 2.59 bits per heavy atom. The van der Waals surface area contributed by atoms with E-state index < -0.39 is 17.4 Å². The van der Waals surface area contributed by atoms with E-state index in [0.29, 0.717) is 21.8 Å². The van der Waals surface area contributed by atoms with Crippen molar-refractivity contribution < 1.29 is 14.7 Å². The summed E-state index contributed by atoms with van der Waals surface area (Å²) >= 11 is 5.96. The summed E-state index contributed by atoms with van der Waals surface area (Å²) in [6, 6.07) is 13.4. The fourth-order valence-electron chi connectivity index (χ4n) is 2.75. The molecule has 0 fully saturated rings. The summed E-state index contributed by atoms with van der Waals surface area (Å²) in [6.45, 7) is 1.55. The lowest BCUT2D eigenvalue weighted by atomic mass is 9.79. The van der Waals surface area contributed by atoms with Crippen LogP contribution in [-0.2, 0) is 10.4 Å². The van der Waals surface area contributed by atoms with Crippen molar-refractivity contribution >= 4 is 29.0 Å². The van der Waals surface area contributed by atoms with Crippen LogP contribution in [0.5, 0.6) is 0 Å². The van der Waals surface area contributed by atoms with Crippen LogP contribution in [0, 0.1) is 5.92 Å². The van der Waals surface area contributed by atoms with Crippen molar-refractivity contribution in [2.75, 3.05) is 5.32 Å². The molecule has 0 bridgehead atoms. The largest absolute Gasteiger partial charge is 0.375 e. The van der Waals surface area contributed by atoms with E-state index in [4.69, 9.17) is 11.6 Å². The van der Waals surface area contributed by atoms with Crippen LogP contribution in [0.2, 0.25) is 5.02 Å². The normalized spacial score (nSPS) is 21.1. The van der Waals surface area contributed by atoms with Gasteiger partial charge in [0.1, 0.15) is 0 Å². The number of anilines is 1. The van der Waals surface area contributed by atoms with Crippen LogP contribution < -0.4 is 5.32 Å². The predicted molar refractivity (Wildman–Crippen MR) is 83.9 cm³/mol. The number of carbonyl (C=O) groups excluding carboxylic acids is 2. The number of Topliss-reactive ketones (excluding diaryl/α,β-unsaturated/α-hetero) is 1. The fraction of sp³-hybridized carbons (Fsp3) is 0.176. The SMILES string of the molecule is C[C@@H](C(=O)c1ccccc1)[C@]1(O)C(=O)Nc2ccc(Cl)cc21. The minimum absolute atomic E-state index is 0.300. The Labute approximate surface area is 132 Å². The van der Waals surface area contributed by atoms with E-state index >= 15 is 0 Å². The Bertz CT molecular complexity index is 760. The maximum absolute atomic E-state index is 12.6. The van der Waals surface area contributed by atoms with Gasteiger partial charge in [-0.15, -0.1) is 0 Å². The smallest absolute Gasteiger partial charge is 0.261 e. The van der Waals surface area contributed by atoms with E-state index in [1.165, 1.54) is 6.07 Å². The molecule has 0 spiro atoms. The number of rotatable bonds is 3. The molecule has 0 unspecified atom stereocenters. The van der Waals surface area contributed by atoms with Gasteiger partial charge in [0.05, 0.1) is 5.92 Å². The minimum Gasteiger partial charge on any atom is -0.375 e. The Balaban J connectivity index is 2.05. The number of aliphatic hydroxyl groups is 1. The topological polar surface area (TPSA) is 66.4 Å². The van der Waals surface area contributed by atoms with Gasteiger partial charge in [-0.2, -0.15) is 0 Å². The molecule has 1 amide bonds. The van der Waals surface area contributed by atoms with Gasteiger partial charge in [-0.3, -0.25) is 9.59 Å². The van der Waals surface area contributed by atoms with E-state index in [0.717, 1.165) is 0 Å². The number of ketones is 1. The first-order chi connectivity index (χ1) is 10.4. The molecule has 2 N–H and O–H groups in total. The Morgan fingerprint density at radius 2 is 1.91 bits per heavy atom. The number of halogens is 1. The molecule has 112 valence electrons. The van der Waals surface area contributed by atoms with E-state index in [1.54, 1.807) is 49.4 Å². The first kappa shape index (κ1) is 14.8. The first-order valence-electron chi connectivity index (χ1n) is 6.87. The molecular formula is C17H14ClNO3. The number of fused-ring (bicyclic) bond motifs is 1. The lowest BCUT2D eigenvalue weighted by Gasteiger charge is -2.27. The number of nitrogens with one attached hydrogen (secondary N) is 1. The van der Waals surface area contributed by atoms with Crippen LogP contribution in [-0.4, -0.2) is 16.8 Å². The van der Waals surface area contributed by atoms with Gasteiger partial charge in [-0.25, -0.2) is 0 Å². The molecule has 1 aliphatic rings. The molecule has 0 saturated carbocycles. The molecule has 1 heterocycles. The van der Waals surface area contributed by atoms with Gasteiger partial charge in [0.2, 0.25) is 0 Å². The number of hydrogen-bond donors (Lipinski definition) is 2. The van der Waals surface area contributed by atoms with Crippen molar-refractivity contribution in [2.24, 2.45) is 5.92 Å². The van der Waals surface area contributed by atoms with Crippen LogP contribution in [0.3, 0.4) is 0 Å². The molecule has 2 aromatic rings. The van der Waals surface area contributed by atoms with E-state index in [2.05, 4.69) is 5.32 Å². The predicted octanol–water partition coefficient (Wildman–Crippen LogP) is 3.00. The lowest BCUT2D eigenvalue weighted by molar-refractivity contribution is -0.137. The van der Waals surface area contributed by atoms with Gasteiger partial charge in [0.15, 0.2) is 11.4 Å². The van der Waals surface area contributed by atoms with Crippen molar-refractivity contribution in [3.63, 3.8) is 0 Å². The number of amides is 1. The standard InChI is InChI=1S/C17H14ClNO3/c1-10(15(20)11-5-3-2-4-6-11)17(22)13-9-12(18)7-8-14(13)19-16(17)21/h2-10,22H,1H3,(H,19,21)/t10-,17+/m0/s1. The molecule has 4 nitrogen and oxygen atoms in total. The summed E-state index contributed by atoms with van der Waals surface area (Å²) in [5.41, 5.74) is -0.661. The van der Waals surface area contributed by atoms with E-state index in [1.807, 2.05) is 0 Å². The first-order valence-corrected chi connectivity index (χ1v) is 7.25. The highest BCUT2D eigenvalue weighted by molar-refractivity contribution is 6.31. The zero-order valence-corrected chi connectivity index (χ0v) is 12.6. The quantitative estimate of drug-likeness (QED) is 0.856. The molecule has 3 rings (SSSR count). The monoisotopic (exact) mass is 315 g/mol. The Hall–Kier alpha value is -2.17. The molecule has 0 saturated heterocycles. The van der Waals surface area contributed by atoms with Gasteiger partial charge in [-0.1, -0.05) is 48.9 Å². The second kappa shape index (κ2) is 5.23. The van der Waals surface area contributed by atoms with Crippen LogP contribution in [0.1, 0.15) is 22.8 Å². The summed E-state index contributed by atoms with van der Waals surface area (Å²) in [5, 5.41) is 13.9. The van der Waals surface area contributed by atoms with Crippen LogP contribution in [0.4, 0.5) is 5.69 Å². The molecule has 0 aliphatic carbocycles. The van der Waals surface area contributed by atoms with Crippen molar-refractivity contribution in [1.82, 2.24) is 0 Å². The molecule has 2 aromatic carbocycles. The molecule has 2 atom stereocenters. The number of benzene rings is 2. The van der Waals surface area contributed by atoms with Crippen molar-refractivity contribution in [2.45, 2.75) is 12.5 Å². The highest BCUT2D eigenvalue weighted by Crippen LogP contribution is 2.43. The van der Waals surface area contributed by atoms with Crippen LogP contribution in [0.25, 0.3) is 0 Å². The van der Waals surface area contributed by atoms with Gasteiger partial charge < -0.3 is 10.4 Å². The third-order valence-corrected chi connectivity index (χ3v) is 4.30. The zero-order chi connectivity index (χ0) is 15.9. The number of carbonyl (C=O) groups is 2. The second-order valence-electron chi connectivity index (χ2n) is 5.36. The molecule has 22 heavy (non-hydrogen) atoms. The van der Waals surface area contributed by atoms with Gasteiger partial charge in [0.25, 0.3) is 5.91 Å². The third kappa shape index (κ3) is 2.12. The van der Waals surface area contributed by atoms with Crippen LogP contribution in [0.15, 0.2) is 48.5 Å². The maximum Gasteiger partial charge on any atom is 0.261 e. The number of hydrogen-bond acceptors (Lipinski definition) is 3. The molecule has 5 heteroatoms. The van der Waals surface area contributed by atoms with Gasteiger partial charge in [0, 0.05) is 21.8 Å². The van der Waals surface area contributed by atoms with Gasteiger partial charge >= 0.3 is 0 Å². The maximum atomic E-state index is 12.6. The highest BCUT2D eigenvalue weighted by Gasteiger charge is 2.52. The van der Waals surface area contributed by atoms with E-state index in [9.17, 15) is 14.7 Å². The van der Waals surface area contributed by atoms with Crippen molar-refractivity contribution in [3.05, 3.63) is 64.7 Å². The fourth-order valence-corrected chi connectivity index (χ4v) is 2.92. The highest BCUT2D eigenvalue weighted by atomic mass is 35.5. The molecule has 1 aliphatic heterocycles. The minimum atomic E-state index is -1.92. The lowest BCUT2D eigenvalue weighted by Crippen LogP contribution is -2.44. The van der Waals surface area contributed by atoms with Crippen LogP contribution >= 0.6 is 11.6 Å².